The highest BCUT2D eigenvalue weighted by Gasteiger charge is 2.47. The molecule has 1 aromatic carbocycles. The third-order valence-electron chi connectivity index (χ3n) is 2.94. The summed E-state index contributed by atoms with van der Waals surface area (Å²) in [5.74, 6) is -0.938. The standard InChI is InChI=1S/C12H15NO3.ClH/c13-12(11(14)15)6-10(7-12)16-8-9-4-2-1-3-5-9;/h1-5,10H,6-8,13H2,(H,14,15);1H. The predicted octanol–water partition coefficient (Wildman–Crippen LogP) is 1.57. The van der Waals surface area contributed by atoms with Crippen molar-refractivity contribution in [2.75, 3.05) is 0 Å². The number of ether oxygens (including phenoxy) is 1. The Hall–Kier alpha value is -1.10. The molecule has 0 aromatic heterocycles. The van der Waals surface area contributed by atoms with Crippen LogP contribution in [0.3, 0.4) is 0 Å². The van der Waals surface area contributed by atoms with Gasteiger partial charge in [0.1, 0.15) is 5.54 Å². The molecule has 5 heteroatoms. The molecule has 1 aliphatic rings. The van der Waals surface area contributed by atoms with Crippen LogP contribution in [-0.2, 0) is 16.1 Å². The van der Waals surface area contributed by atoms with Crippen LogP contribution in [-0.4, -0.2) is 22.7 Å². The van der Waals surface area contributed by atoms with Crippen LogP contribution >= 0.6 is 12.4 Å². The molecule has 0 saturated heterocycles. The van der Waals surface area contributed by atoms with Crippen LogP contribution in [0.4, 0.5) is 0 Å². The van der Waals surface area contributed by atoms with Gasteiger partial charge in [0.05, 0.1) is 12.7 Å². The molecule has 1 fully saturated rings. The van der Waals surface area contributed by atoms with Crippen molar-refractivity contribution in [2.24, 2.45) is 5.73 Å². The second-order valence-electron chi connectivity index (χ2n) is 4.29. The molecule has 0 radical (unpaired) electrons. The molecule has 94 valence electrons. The molecule has 3 N–H and O–H groups in total. The monoisotopic (exact) mass is 257 g/mol. The number of nitrogens with two attached hydrogens (primary N) is 1. The molecule has 0 unspecified atom stereocenters. The number of carboxylic acids is 1. The van der Waals surface area contributed by atoms with Crippen molar-refractivity contribution >= 4 is 18.4 Å². The van der Waals surface area contributed by atoms with Gasteiger partial charge in [0, 0.05) is 12.8 Å². The van der Waals surface area contributed by atoms with E-state index in [1.165, 1.54) is 0 Å². The van der Waals surface area contributed by atoms with E-state index < -0.39 is 11.5 Å². The van der Waals surface area contributed by atoms with Gasteiger partial charge in [0.25, 0.3) is 0 Å². The number of halogens is 1. The first-order valence-electron chi connectivity index (χ1n) is 5.28. The molecule has 4 nitrogen and oxygen atoms in total. The lowest BCUT2D eigenvalue weighted by molar-refractivity contribution is -0.155. The summed E-state index contributed by atoms with van der Waals surface area (Å²) in [5.41, 5.74) is 5.65. The highest BCUT2D eigenvalue weighted by atomic mass is 35.5. The van der Waals surface area contributed by atoms with Crippen molar-refractivity contribution in [1.82, 2.24) is 0 Å². The minimum Gasteiger partial charge on any atom is -0.480 e. The van der Waals surface area contributed by atoms with Crippen LogP contribution in [0, 0.1) is 0 Å². The average Bonchev–Trinajstić information content (AvgIpc) is 2.24. The Balaban J connectivity index is 0.00000144. The van der Waals surface area contributed by atoms with Gasteiger partial charge < -0.3 is 15.6 Å². The zero-order valence-electron chi connectivity index (χ0n) is 9.33. The fourth-order valence-electron chi connectivity index (χ4n) is 1.83. The SMILES string of the molecule is Cl.NC1(C(=O)O)CC(OCc2ccccc2)C1. The first kappa shape index (κ1) is 14.0. The molecule has 1 aromatic rings. The fraction of sp³-hybridized carbons (Fsp3) is 0.417. The fourth-order valence-corrected chi connectivity index (χ4v) is 1.83. The van der Waals surface area contributed by atoms with Gasteiger partial charge in [0.2, 0.25) is 0 Å². The number of carboxylic acid groups (broad SMARTS) is 1. The average molecular weight is 258 g/mol. The van der Waals surface area contributed by atoms with Crippen molar-refractivity contribution in [1.29, 1.82) is 0 Å². The van der Waals surface area contributed by atoms with Gasteiger partial charge in [-0.1, -0.05) is 30.3 Å². The molecular weight excluding hydrogens is 242 g/mol. The summed E-state index contributed by atoms with van der Waals surface area (Å²) in [6.07, 6.45) is 0.769. The van der Waals surface area contributed by atoms with Gasteiger partial charge in [-0.2, -0.15) is 0 Å². The Kier molecular flexibility index (Phi) is 4.51. The van der Waals surface area contributed by atoms with E-state index in [0.29, 0.717) is 19.4 Å². The third kappa shape index (κ3) is 3.19. The van der Waals surface area contributed by atoms with E-state index in [-0.39, 0.29) is 18.5 Å². The Labute approximate surface area is 106 Å². The maximum Gasteiger partial charge on any atom is 0.323 e. The Morgan fingerprint density at radius 3 is 2.53 bits per heavy atom. The quantitative estimate of drug-likeness (QED) is 0.859. The van der Waals surface area contributed by atoms with E-state index in [0.717, 1.165) is 5.56 Å². The molecule has 0 spiro atoms. The van der Waals surface area contributed by atoms with Crippen molar-refractivity contribution in [3.05, 3.63) is 35.9 Å². The second kappa shape index (κ2) is 5.49. The number of hydrogen-bond acceptors (Lipinski definition) is 3. The van der Waals surface area contributed by atoms with Crippen LogP contribution in [0.1, 0.15) is 18.4 Å². The van der Waals surface area contributed by atoms with Crippen molar-refractivity contribution in [3.63, 3.8) is 0 Å². The normalized spacial score (nSPS) is 26.8. The van der Waals surface area contributed by atoms with Gasteiger partial charge >= 0.3 is 5.97 Å². The number of benzene rings is 1. The highest BCUT2D eigenvalue weighted by Crippen LogP contribution is 2.33. The summed E-state index contributed by atoms with van der Waals surface area (Å²) in [7, 11) is 0. The smallest absolute Gasteiger partial charge is 0.323 e. The number of carbonyl (C=O) groups is 1. The van der Waals surface area contributed by atoms with Crippen molar-refractivity contribution in [2.45, 2.75) is 31.1 Å². The maximum atomic E-state index is 10.7. The maximum absolute atomic E-state index is 10.7. The van der Waals surface area contributed by atoms with E-state index in [1.807, 2.05) is 30.3 Å². The molecule has 0 heterocycles. The molecule has 0 atom stereocenters. The minimum atomic E-state index is -1.07. The summed E-state index contributed by atoms with van der Waals surface area (Å²) in [5, 5.41) is 8.81. The van der Waals surface area contributed by atoms with Crippen molar-refractivity contribution < 1.29 is 14.6 Å². The largest absolute Gasteiger partial charge is 0.480 e. The summed E-state index contributed by atoms with van der Waals surface area (Å²) in [6, 6.07) is 9.80. The van der Waals surface area contributed by atoms with Gasteiger partial charge in [-0.25, -0.2) is 0 Å². The third-order valence-corrected chi connectivity index (χ3v) is 2.94. The zero-order valence-corrected chi connectivity index (χ0v) is 10.2. The Morgan fingerprint density at radius 2 is 2.00 bits per heavy atom. The van der Waals surface area contributed by atoms with Gasteiger partial charge in [-0.05, 0) is 5.56 Å². The van der Waals surface area contributed by atoms with E-state index in [1.54, 1.807) is 0 Å². The highest BCUT2D eigenvalue weighted by molar-refractivity contribution is 5.85. The number of aliphatic carboxylic acids is 1. The van der Waals surface area contributed by atoms with Crippen LogP contribution in [0.2, 0.25) is 0 Å². The summed E-state index contributed by atoms with van der Waals surface area (Å²) in [6.45, 7) is 0.515. The Bertz CT molecular complexity index is 377. The van der Waals surface area contributed by atoms with Gasteiger partial charge in [0.15, 0.2) is 0 Å². The molecule has 1 saturated carbocycles. The predicted molar refractivity (Wildman–Crippen MR) is 66.1 cm³/mol. The van der Waals surface area contributed by atoms with Gasteiger partial charge in [-0.15, -0.1) is 12.4 Å². The second-order valence-corrected chi connectivity index (χ2v) is 4.29. The molecule has 0 amide bonds. The first-order valence-corrected chi connectivity index (χ1v) is 5.28. The summed E-state index contributed by atoms with van der Waals surface area (Å²) >= 11 is 0. The molecular formula is C12H16ClNO3. The van der Waals surface area contributed by atoms with E-state index in [4.69, 9.17) is 15.6 Å². The zero-order chi connectivity index (χ0) is 11.6. The lowest BCUT2D eigenvalue weighted by Gasteiger charge is -2.40. The lowest BCUT2D eigenvalue weighted by Crippen LogP contribution is -2.60. The molecule has 1 aliphatic carbocycles. The summed E-state index contributed by atoms with van der Waals surface area (Å²) < 4.78 is 5.57. The van der Waals surface area contributed by atoms with Crippen LogP contribution in [0.5, 0.6) is 0 Å². The summed E-state index contributed by atoms with van der Waals surface area (Å²) in [4.78, 5) is 10.7. The topological polar surface area (TPSA) is 72.6 Å². The minimum absolute atomic E-state index is 0. The van der Waals surface area contributed by atoms with Crippen LogP contribution in [0.15, 0.2) is 30.3 Å². The van der Waals surface area contributed by atoms with Crippen LogP contribution in [0.25, 0.3) is 0 Å². The van der Waals surface area contributed by atoms with E-state index in [9.17, 15) is 4.79 Å². The van der Waals surface area contributed by atoms with Crippen molar-refractivity contribution in [3.8, 4) is 0 Å². The molecule has 2 rings (SSSR count). The molecule has 0 bridgehead atoms. The lowest BCUT2D eigenvalue weighted by atomic mass is 9.75. The number of hydrogen-bond donors (Lipinski definition) is 2. The van der Waals surface area contributed by atoms with Crippen LogP contribution < -0.4 is 5.73 Å². The molecule has 17 heavy (non-hydrogen) atoms. The van der Waals surface area contributed by atoms with E-state index >= 15 is 0 Å². The van der Waals surface area contributed by atoms with E-state index in [2.05, 4.69) is 0 Å². The first-order chi connectivity index (χ1) is 7.60. The van der Waals surface area contributed by atoms with Gasteiger partial charge in [-0.3, -0.25) is 4.79 Å². The molecule has 0 aliphatic heterocycles. The Morgan fingerprint density at radius 1 is 1.41 bits per heavy atom. The number of rotatable bonds is 4.